The number of amides is 1. The summed E-state index contributed by atoms with van der Waals surface area (Å²) >= 11 is 0. The quantitative estimate of drug-likeness (QED) is 0.534. The molecule has 0 saturated carbocycles. The summed E-state index contributed by atoms with van der Waals surface area (Å²) < 4.78 is 14.9. The Morgan fingerprint density at radius 1 is 1.22 bits per heavy atom. The second-order valence-corrected chi connectivity index (χ2v) is 4.67. The molecule has 0 radical (unpaired) electrons. The van der Waals surface area contributed by atoms with Gasteiger partial charge in [-0.3, -0.25) is 9.69 Å². The van der Waals surface area contributed by atoms with Crippen LogP contribution in [0.25, 0.3) is 0 Å². The van der Waals surface area contributed by atoms with Crippen molar-refractivity contribution in [2.45, 2.75) is 33.3 Å². The van der Waals surface area contributed by atoms with Gasteiger partial charge in [-0.15, -0.1) is 0 Å². The van der Waals surface area contributed by atoms with Gasteiger partial charge in [0.1, 0.15) is 12.1 Å². The highest BCUT2D eigenvalue weighted by Crippen LogP contribution is 2.09. The number of ether oxygens (including phenoxy) is 3. The molecule has 0 bridgehead atoms. The maximum Gasteiger partial charge on any atom is 0.410 e. The van der Waals surface area contributed by atoms with Crippen LogP contribution in [0.3, 0.4) is 0 Å². The number of hydrogen-bond donors (Lipinski definition) is 0. The first kappa shape index (κ1) is 16.7. The van der Waals surface area contributed by atoms with Crippen LogP contribution < -0.4 is 0 Å². The van der Waals surface area contributed by atoms with E-state index in [9.17, 15) is 9.59 Å². The Bertz CT molecular complexity index is 272. The van der Waals surface area contributed by atoms with Crippen molar-refractivity contribution in [3.63, 3.8) is 0 Å². The first-order chi connectivity index (χ1) is 8.30. The lowest BCUT2D eigenvalue weighted by molar-refractivity contribution is -0.142. The SMILES string of the molecule is CCOCCN(CC(=O)OC)C(=O)OC(C)(C)C. The molecule has 0 saturated heterocycles. The largest absolute Gasteiger partial charge is 0.468 e. The average molecular weight is 261 g/mol. The van der Waals surface area contributed by atoms with Crippen LogP contribution in [0.5, 0.6) is 0 Å². The van der Waals surface area contributed by atoms with Gasteiger partial charge in [-0.25, -0.2) is 4.79 Å². The monoisotopic (exact) mass is 261 g/mol. The van der Waals surface area contributed by atoms with E-state index in [0.717, 1.165) is 0 Å². The summed E-state index contributed by atoms with van der Waals surface area (Å²) in [6.45, 7) is 8.22. The van der Waals surface area contributed by atoms with Crippen LogP contribution in [0.2, 0.25) is 0 Å². The molecule has 18 heavy (non-hydrogen) atoms. The van der Waals surface area contributed by atoms with Gasteiger partial charge in [-0.05, 0) is 27.7 Å². The Kier molecular flexibility index (Phi) is 7.35. The first-order valence-corrected chi connectivity index (χ1v) is 5.92. The highest BCUT2D eigenvalue weighted by Gasteiger charge is 2.23. The van der Waals surface area contributed by atoms with Gasteiger partial charge in [0.25, 0.3) is 0 Å². The van der Waals surface area contributed by atoms with Crippen molar-refractivity contribution in [3.8, 4) is 0 Å². The molecule has 0 aromatic rings. The lowest BCUT2D eigenvalue weighted by Crippen LogP contribution is -2.41. The minimum atomic E-state index is -0.600. The van der Waals surface area contributed by atoms with Gasteiger partial charge in [0.15, 0.2) is 0 Å². The van der Waals surface area contributed by atoms with Gasteiger partial charge in [-0.2, -0.15) is 0 Å². The molecule has 0 aromatic heterocycles. The van der Waals surface area contributed by atoms with E-state index >= 15 is 0 Å². The summed E-state index contributed by atoms with van der Waals surface area (Å²) in [5.74, 6) is -0.489. The van der Waals surface area contributed by atoms with E-state index in [0.29, 0.717) is 13.2 Å². The molecular weight excluding hydrogens is 238 g/mol. The molecule has 0 atom stereocenters. The zero-order valence-electron chi connectivity index (χ0n) is 11.8. The second kappa shape index (κ2) is 7.92. The van der Waals surface area contributed by atoms with Gasteiger partial charge in [-0.1, -0.05) is 0 Å². The van der Waals surface area contributed by atoms with E-state index in [2.05, 4.69) is 4.74 Å². The van der Waals surface area contributed by atoms with Crippen molar-refractivity contribution in [1.82, 2.24) is 4.90 Å². The van der Waals surface area contributed by atoms with Crippen molar-refractivity contribution in [3.05, 3.63) is 0 Å². The summed E-state index contributed by atoms with van der Waals surface area (Å²) in [4.78, 5) is 24.3. The number of carbonyl (C=O) groups is 2. The van der Waals surface area contributed by atoms with E-state index in [1.165, 1.54) is 12.0 Å². The molecule has 0 unspecified atom stereocenters. The van der Waals surface area contributed by atoms with Crippen molar-refractivity contribution in [1.29, 1.82) is 0 Å². The third-order valence-electron chi connectivity index (χ3n) is 1.91. The molecule has 6 nitrogen and oxygen atoms in total. The third kappa shape index (κ3) is 7.89. The van der Waals surface area contributed by atoms with Crippen LogP contribution in [0, 0.1) is 0 Å². The fraction of sp³-hybridized carbons (Fsp3) is 0.833. The minimum absolute atomic E-state index is 0.140. The van der Waals surface area contributed by atoms with Crippen molar-refractivity contribution in [2.75, 3.05) is 33.4 Å². The second-order valence-electron chi connectivity index (χ2n) is 4.67. The Morgan fingerprint density at radius 2 is 1.83 bits per heavy atom. The zero-order valence-corrected chi connectivity index (χ0v) is 11.8. The van der Waals surface area contributed by atoms with E-state index in [-0.39, 0.29) is 13.1 Å². The summed E-state index contributed by atoms with van der Waals surface area (Å²) in [7, 11) is 1.28. The van der Waals surface area contributed by atoms with Crippen LogP contribution in [0.4, 0.5) is 4.79 Å². The van der Waals surface area contributed by atoms with E-state index < -0.39 is 17.7 Å². The van der Waals surface area contributed by atoms with Crippen LogP contribution >= 0.6 is 0 Å². The summed E-state index contributed by atoms with van der Waals surface area (Å²) in [6.07, 6.45) is -0.549. The van der Waals surface area contributed by atoms with Crippen LogP contribution in [0.1, 0.15) is 27.7 Å². The van der Waals surface area contributed by atoms with Gasteiger partial charge in [0.2, 0.25) is 0 Å². The van der Waals surface area contributed by atoms with Crippen LogP contribution in [-0.2, 0) is 19.0 Å². The predicted octanol–water partition coefficient (Wildman–Crippen LogP) is 1.43. The standard InChI is InChI=1S/C12H23NO5/c1-6-17-8-7-13(9-10(14)16-5)11(15)18-12(2,3)4/h6-9H2,1-5H3. The van der Waals surface area contributed by atoms with Crippen molar-refractivity contribution < 1.29 is 23.8 Å². The number of carbonyl (C=O) groups excluding carboxylic acids is 2. The summed E-state index contributed by atoms with van der Waals surface area (Å²) in [6, 6.07) is 0. The van der Waals surface area contributed by atoms with Gasteiger partial charge in [0.05, 0.1) is 13.7 Å². The van der Waals surface area contributed by atoms with Gasteiger partial charge in [0, 0.05) is 13.2 Å². The highest BCUT2D eigenvalue weighted by molar-refractivity contribution is 5.78. The molecule has 0 fully saturated rings. The van der Waals surface area contributed by atoms with Gasteiger partial charge >= 0.3 is 12.1 Å². The normalized spacial score (nSPS) is 10.9. The highest BCUT2D eigenvalue weighted by atomic mass is 16.6. The van der Waals surface area contributed by atoms with Crippen LogP contribution in [0.15, 0.2) is 0 Å². The molecule has 0 aliphatic heterocycles. The molecule has 0 N–H and O–H groups in total. The third-order valence-corrected chi connectivity index (χ3v) is 1.91. The fourth-order valence-corrected chi connectivity index (χ4v) is 1.10. The molecule has 106 valence electrons. The number of methoxy groups -OCH3 is 1. The average Bonchev–Trinajstić information content (AvgIpc) is 2.25. The molecule has 6 heteroatoms. The van der Waals surface area contributed by atoms with E-state index in [1.807, 2.05) is 6.92 Å². The topological polar surface area (TPSA) is 65.1 Å². The Balaban J connectivity index is 4.43. The maximum atomic E-state index is 11.8. The Hall–Kier alpha value is -1.30. The number of rotatable bonds is 6. The summed E-state index contributed by atoms with van der Waals surface area (Å²) in [5.41, 5.74) is -0.600. The first-order valence-electron chi connectivity index (χ1n) is 5.92. The lowest BCUT2D eigenvalue weighted by atomic mass is 10.2. The molecule has 0 rings (SSSR count). The molecule has 0 aromatic carbocycles. The van der Waals surface area contributed by atoms with Crippen LogP contribution in [-0.4, -0.2) is 56.0 Å². The fourth-order valence-electron chi connectivity index (χ4n) is 1.10. The lowest BCUT2D eigenvalue weighted by Gasteiger charge is -2.26. The van der Waals surface area contributed by atoms with Gasteiger partial charge < -0.3 is 14.2 Å². The Morgan fingerprint density at radius 3 is 2.28 bits per heavy atom. The van der Waals surface area contributed by atoms with Crippen molar-refractivity contribution >= 4 is 12.1 Å². The number of hydrogen-bond acceptors (Lipinski definition) is 5. The summed E-state index contributed by atoms with van der Waals surface area (Å²) in [5, 5.41) is 0. The molecule has 1 amide bonds. The molecular formula is C12H23NO5. The van der Waals surface area contributed by atoms with E-state index in [1.54, 1.807) is 20.8 Å². The van der Waals surface area contributed by atoms with E-state index in [4.69, 9.17) is 9.47 Å². The number of nitrogens with zero attached hydrogens (tertiary/aromatic N) is 1. The minimum Gasteiger partial charge on any atom is -0.468 e. The Labute approximate surface area is 108 Å². The molecule has 0 spiro atoms. The predicted molar refractivity (Wildman–Crippen MR) is 66.3 cm³/mol. The van der Waals surface area contributed by atoms with Crippen molar-refractivity contribution in [2.24, 2.45) is 0 Å². The smallest absolute Gasteiger partial charge is 0.410 e. The number of esters is 1. The zero-order chi connectivity index (χ0) is 14.2. The molecule has 0 heterocycles. The molecule has 0 aliphatic carbocycles. The molecule has 0 aliphatic rings. The maximum absolute atomic E-state index is 11.8.